The van der Waals surface area contributed by atoms with Crippen molar-refractivity contribution in [2.45, 2.75) is 64.8 Å². The van der Waals surface area contributed by atoms with Crippen molar-refractivity contribution >= 4 is 5.91 Å². The Morgan fingerprint density at radius 1 is 1.19 bits per heavy atom. The first-order valence-electron chi connectivity index (χ1n) is 9.59. The molecule has 1 fully saturated rings. The fourth-order valence-corrected chi connectivity index (χ4v) is 3.47. The van der Waals surface area contributed by atoms with Crippen LogP contribution in [0.1, 0.15) is 62.9 Å². The van der Waals surface area contributed by atoms with Crippen LogP contribution in [0.4, 0.5) is 0 Å². The Hall–Kier alpha value is -2.17. The summed E-state index contributed by atoms with van der Waals surface area (Å²) in [4.78, 5) is 14.6. The molecule has 0 unspecified atom stereocenters. The maximum Gasteiger partial charge on any atom is 0.222 e. The first-order chi connectivity index (χ1) is 12.3. The van der Waals surface area contributed by atoms with E-state index in [1.54, 1.807) is 0 Å². The van der Waals surface area contributed by atoms with Gasteiger partial charge in [-0.15, -0.1) is 5.10 Å². The second-order valence-electron chi connectivity index (χ2n) is 8.37. The second kappa shape index (κ2) is 7.60. The highest BCUT2D eigenvalue weighted by atomic mass is 16.2. The zero-order chi connectivity index (χ0) is 18.7. The number of carbonyl (C=O) groups is 1. The number of piperidine rings is 1. The van der Waals surface area contributed by atoms with Gasteiger partial charge in [0.05, 0.1) is 11.7 Å². The lowest BCUT2D eigenvalue weighted by atomic mass is 9.93. The number of carbonyl (C=O) groups excluding carboxylic acids is 1. The molecule has 0 N–H and O–H groups in total. The van der Waals surface area contributed by atoms with E-state index in [2.05, 4.69) is 56.3 Å². The van der Waals surface area contributed by atoms with Crippen LogP contribution in [0.25, 0.3) is 0 Å². The van der Waals surface area contributed by atoms with Crippen LogP contribution in [0.3, 0.4) is 0 Å². The van der Waals surface area contributed by atoms with Crippen LogP contribution in [0.5, 0.6) is 0 Å². The summed E-state index contributed by atoms with van der Waals surface area (Å²) in [6.07, 6.45) is 5.38. The van der Waals surface area contributed by atoms with Gasteiger partial charge in [0.25, 0.3) is 0 Å². The van der Waals surface area contributed by atoms with Gasteiger partial charge in [-0.25, -0.2) is 4.68 Å². The maximum atomic E-state index is 12.6. The smallest absolute Gasteiger partial charge is 0.222 e. The van der Waals surface area contributed by atoms with Crippen molar-refractivity contribution in [3.05, 3.63) is 47.3 Å². The molecule has 0 spiro atoms. The SMILES string of the molecule is Cc1ccccc1CCC(=O)N1CCC(n2cc(C(C)(C)C)nn2)CC1. The van der Waals surface area contributed by atoms with Crippen molar-refractivity contribution in [2.75, 3.05) is 13.1 Å². The van der Waals surface area contributed by atoms with Crippen molar-refractivity contribution in [3.8, 4) is 0 Å². The Labute approximate surface area is 156 Å². The van der Waals surface area contributed by atoms with Gasteiger partial charge in [-0.05, 0) is 37.3 Å². The van der Waals surface area contributed by atoms with E-state index in [1.165, 1.54) is 11.1 Å². The highest BCUT2D eigenvalue weighted by molar-refractivity contribution is 5.76. The summed E-state index contributed by atoms with van der Waals surface area (Å²) < 4.78 is 2.00. The molecular formula is C21H30N4O. The number of amides is 1. The second-order valence-corrected chi connectivity index (χ2v) is 8.37. The highest BCUT2D eigenvalue weighted by Crippen LogP contribution is 2.25. The van der Waals surface area contributed by atoms with Gasteiger partial charge in [0.1, 0.15) is 0 Å². The van der Waals surface area contributed by atoms with Crippen LogP contribution in [-0.4, -0.2) is 38.9 Å². The van der Waals surface area contributed by atoms with Crippen molar-refractivity contribution in [1.82, 2.24) is 19.9 Å². The molecule has 140 valence electrons. The molecule has 5 heteroatoms. The molecule has 0 aliphatic carbocycles. The predicted octanol–water partition coefficient (Wildman–Crippen LogP) is 3.68. The van der Waals surface area contributed by atoms with E-state index in [9.17, 15) is 4.79 Å². The largest absolute Gasteiger partial charge is 0.343 e. The van der Waals surface area contributed by atoms with Crippen LogP contribution in [0.2, 0.25) is 0 Å². The number of aryl methyl sites for hydroxylation is 2. The molecule has 0 radical (unpaired) electrons. The number of nitrogens with zero attached hydrogens (tertiary/aromatic N) is 4. The fourth-order valence-electron chi connectivity index (χ4n) is 3.47. The molecule has 1 saturated heterocycles. The van der Waals surface area contributed by atoms with Gasteiger partial charge in [0.15, 0.2) is 0 Å². The molecule has 1 aromatic carbocycles. The van der Waals surface area contributed by atoms with Crippen LogP contribution >= 0.6 is 0 Å². The van der Waals surface area contributed by atoms with E-state index in [4.69, 9.17) is 0 Å². The third-order valence-corrected chi connectivity index (χ3v) is 5.34. The summed E-state index contributed by atoms with van der Waals surface area (Å²) in [7, 11) is 0. The van der Waals surface area contributed by atoms with Gasteiger partial charge < -0.3 is 4.90 Å². The van der Waals surface area contributed by atoms with Crippen molar-refractivity contribution in [1.29, 1.82) is 0 Å². The van der Waals surface area contributed by atoms with Gasteiger partial charge in [-0.2, -0.15) is 0 Å². The highest BCUT2D eigenvalue weighted by Gasteiger charge is 2.26. The van der Waals surface area contributed by atoms with E-state index in [1.807, 2.05) is 21.7 Å². The lowest BCUT2D eigenvalue weighted by molar-refractivity contribution is -0.132. The minimum absolute atomic E-state index is 0.0183. The Kier molecular flexibility index (Phi) is 5.44. The van der Waals surface area contributed by atoms with E-state index in [0.717, 1.165) is 38.0 Å². The van der Waals surface area contributed by atoms with Crippen molar-refractivity contribution in [2.24, 2.45) is 0 Å². The molecule has 0 saturated carbocycles. The Morgan fingerprint density at radius 3 is 2.50 bits per heavy atom. The Bertz CT molecular complexity index is 751. The first-order valence-corrected chi connectivity index (χ1v) is 9.59. The average molecular weight is 354 g/mol. The van der Waals surface area contributed by atoms with E-state index < -0.39 is 0 Å². The molecule has 5 nitrogen and oxygen atoms in total. The van der Waals surface area contributed by atoms with Gasteiger partial charge in [-0.3, -0.25) is 4.79 Å². The van der Waals surface area contributed by atoms with Crippen molar-refractivity contribution < 1.29 is 4.79 Å². The maximum absolute atomic E-state index is 12.6. The van der Waals surface area contributed by atoms with Crippen LogP contribution in [0, 0.1) is 6.92 Å². The van der Waals surface area contributed by atoms with Crippen LogP contribution in [0.15, 0.2) is 30.5 Å². The van der Waals surface area contributed by atoms with E-state index >= 15 is 0 Å². The molecule has 3 rings (SSSR count). The zero-order valence-electron chi connectivity index (χ0n) is 16.4. The molecule has 2 heterocycles. The van der Waals surface area contributed by atoms with Gasteiger partial charge in [0.2, 0.25) is 5.91 Å². The predicted molar refractivity (Wildman–Crippen MR) is 103 cm³/mol. The van der Waals surface area contributed by atoms with E-state index in [0.29, 0.717) is 12.5 Å². The fraction of sp³-hybridized carbons (Fsp3) is 0.571. The number of benzene rings is 1. The summed E-state index contributed by atoms with van der Waals surface area (Å²) in [5.41, 5.74) is 3.58. The molecular weight excluding hydrogens is 324 g/mol. The van der Waals surface area contributed by atoms with Crippen molar-refractivity contribution in [3.63, 3.8) is 0 Å². The zero-order valence-corrected chi connectivity index (χ0v) is 16.4. The number of rotatable bonds is 4. The number of likely N-dealkylation sites (tertiary alicyclic amines) is 1. The number of hydrogen-bond acceptors (Lipinski definition) is 3. The molecule has 2 aromatic rings. The lowest BCUT2D eigenvalue weighted by Gasteiger charge is -2.32. The molecule has 1 aromatic heterocycles. The molecule has 1 amide bonds. The molecule has 1 aliphatic rings. The average Bonchev–Trinajstić information content (AvgIpc) is 3.11. The molecule has 1 aliphatic heterocycles. The minimum atomic E-state index is 0.0183. The standard InChI is InChI=1S/C21H30N4O/c1-16-7-5-6-8-17(16)9-10-20(26)24-13-11-18(12-14-24)25-15-19(22-23-25)21(2,3)4/h5-8,15,18H,9-14H2,1-4H3. The Morgan fingerprint density at radius 2 is 1.88 bits per heavy atom. The molecule has 0 atom stereocenters. The molecule has 26 heavy (non-hydrogen) atoms. The number of hydrogen-bond donors (Lipinski definition) is 0. The summed E-state index contributed by atoms with van der Waals surface area (Å²) in [5, 5.41) is 8.65. The van der Waals surface area contributed by atoms with Crippen LogP contribution < -0.4 is 0 Å². The monoisotopic (exact) mass is 354 g/mol. The van der Waals surface area contributed by atoms with Gasteiger partial charge in [-0.1, -0.05) is 50.3 Å². The molecule has 0 bridgehead atoms. The lowest BCUT2D eigenvalue weighted by Crippen LogP contribution is -2.39. The van der Waals surface area contributed by atoms with Gasteiger partial charge >= 0.3 is 0 Å². The minimum Gasteiger partial charge on any atom is -0.343 e. The summed E-state index contributed by atoms with van der Waals surface area (Å²) >= 11 is 0. The quantitative estimate of drug-likeness (QED) is 0.841. The topological polar surface area (TPSA) is 51.0 Å². The third-order valence-electron chi connectivity index (χ3n) is 5.34. The van der Waals surface area contributed by atoms with Crippen LogP contribution in [-0.2, 0) is 16.6 Å². The summed E-state index contributed by atoms with van der Waals surface area (Å²) in [5.74, 6) is 0.265. The summed E-state index contributed by atoms with van der Waals surface area (Å²) in [6.45, 7) is 10.2. The summed E-state index contributed by atoms with van der Waals surface area (Å²) in [6, 6.07) is 8.66. The Balaban J connectivity index is 1.51. The number of aromatic nitrogens is 3. The normalized spacial score (nSPS) is 16.1. The third kappa shape index (κ3) is 4.32. The first kappa shape index (κ1) is 18.6. The van der Waals surface area contributed by atoms with E-state index in [-0.39, 0.29) is 11.3 Å². The van der Waals surface area contributed by atoms with Gasteiger partial charge in [0, 0.05) is 31.1 Å².